The first kappa shape index (κ1) is 17.0. The molecule has 0 unspecified atom stereocenters. The normalized spacial score (nSPS) is 11.0. The molecule has 0 radical (unpaired) electrons. The molecule has 0 saturated carbocycles. The maximum atomic E-state index is 12.1. The lowest BCUT2D eigenvalue weighted by atomic mass is 10.2. The SMILES string of the molecule is COc1cccc(CS(=O)(=O)CCC(=O)Nc2ccccc2)c1. The standard InChI is InChI=1S/C17H19NO4S/c1-22-16-9-5-6-14(12-16)13-23(20,21)11-10-17(19)18-15-7-3-2-4-8-15/h2-9,12H,10-11,13H2,1H3,(H,18,19). The Balaban J connectivity index is 1.89. The lowest BCUT2D eigenvalue weighted by Gasteiger charge is -2.07. The van der Waals surface area contributed by atoms with Crippen LogP contribution in [0, 0.1) is 0 Å². The molecule has 2 aromatic rings. The second-order valence-electron chi connectivity index (χ2n) is 5.11. The zero-order valence-electron chi connectivity index (χ0n) is 12.9. The number of sulfone groups is 1. The number of hydrogen-bond acceptors (Lipinski definition) is 4. The van der Waals surface area contributed by atoms with Gasteiger partial charge in [-0.2, -0.15) is 0 Å². The van der Waals surface area contributed by atoms with Gasteiger partial charge in [0.25, 0.3) is 0 Å². The molecule has 0 aliphatic rings. The van der Waals surface area contributed by atoms with Crippen molar-refractivity contribution in [2.75, 3.05) is 18.2 Å². The van der Waals surface area contributed by atoms with E-state index in [9.17, 15) is 13.2 Å². The van der Waals surface area contributed by atoms with E-state index in [1.54, 1.807) is 48.5 Å². The molecule has 0 aliphatic heterocycles. The summed E-state index contributed by atoms with van der Waals surface area (Å²) in [5.41, 5.74) is 1.30. The highest BCUT2D eigenvalue weighted by molar-refractivity contribution is 7.90. The van der Waals surface area contributed by atoms with Gasteiger partial charge in [-0.15, -0.1) is 0 Å². The molecule has 0 atom stereocenters. The van der Waals surface area contributed by atoms with Crippen molar-refractivity contribution in [2.24, 2.45) is 0 Å². The summed E-state index contributed by atoms with van der Waals surface area (Å²) < 4.78 is 29.3. The summed E-state index contributed by atoms with van der Waals surface area (Å²) in [6, 6.07) is 15.9. The largest absolute Gasteiger partial charge is 0.497 e. The van der Waals surface area contributed by atoms with Crippen molar-refractivity contribution in [2.45, 2.75) is 12.2 Å². The molecule has 6 heteroatoms. The molecule has 0 saturated heterocycles. The number of benzene rings is 2. The molecule has 0 aromatic heterocycles. The maximum absolute atomic E-state index is 12.1. The van der Waals surface area contributed by atoms with E-state index in [1.807, 2.05) is 6.07 Å². The van der Waals surface area contributed by atoms with Crippen LogP contribution in [-0.4, -0.2) is 27.2 Å². The van der Waals surface area contributed by atoms with Gasteiger partial charge < -0.3 is 10.1 Å². The van der Waals surface area contributed by atoms with E-state index in [0.717, 1.165) is 0 Å². The molecular formula is C17H19NO4S. The number of anilines is 1. The Labute approximate surface area is 136 Å². The highest BCUT2D eigenvalue weighted by atomic mass is 32.2. The van der Waals surface area contributed by atoms with E-state index in [0.29, 0.717) is 17.0 Å². The van der Waals surface area contributed by atoms with Crippen molar-refractivity contribution in [3.63, 3.8) is 0 Å². The molecule has 0 spiro atoms. The molecule has 0 fully saturated rings. The number of carbonyl (C=O) groups excluding carboxylic acids is 1. The molecule has 1 N–H and O–H groups in total. The topological polar surface area (TPSA) is 72.5 Å². The predicted molar refractivity (Wildman–Crippen MR) is 90.2 cm³/mol. The third-order valence-electron chi connectivity index (χ3n) is 3.22. The first-order chi connectivity index (χ1) is 11.0. The molecule has 23 heavy (non-hydrogen) atoms. The number of amides is 1. The Kier molecular flexibility index (Phi) is 5.76. The Morgan fingerprint density at radius 2 is 1.83 bits per heavy atom. The van der Waals surface area contributed by atoms with Gasteiger partial charge in [-0.05, 0) is 29.8 Å². The number of hydrogen-bond donors (Lipinski definition) is 1. The highest BCUT2D eigenvalue weighted by Crippen LogP contribution is 2.15. The first-order valence-electron chi connectivity index (χ1n) is 7.17. The molecule has 0 aliphatic carbocycles. The van der Waals surface area contributed by atoms with E-state index in [2.05, 4.69) is 5.32 Å². The molecule has 5 nitrogen and oxygen atoms in total. The third kappa shape index (κ3) is 5.75. The van der Waals surface area contributed by atoms with Crippen molar-refractivity contribution in [1.82, 2.24) is 0 Å². The van der Waals surface area contributed by atoms with Gasteiger partial charge >= 0.3 is 0 Å². The van der Waals surface area contributed by atoms with Gasteiger partial charge in [0.2, 0.25) is 5.91 Å². The van der Waals surface area contributed by atoms with Gasteiger partial charge in [0, 0.05) is 12.1 Å². The summed E-state index contributed by atoms with van der Waals surface area (Å²) >= 11 is 0. The maximum Gasteiger partial charge on any atom is 0.225 e. The zero-order chi connectivity index (χ0) is 16.7. The van der Waals surface area contributed by atoms with Crippen LogP contribution in [0.25, 0.3) is 0 Å². The van der Waals surface area contributed by atoms with Crippen LogP contribution in [0.4, 0.5) is 5.69 Å². The summed E-state index contributed by atoms with van der Waals surface area (Å²) in [5.74, 6) is -0.00367. The van der Waals surface area contributed by atoms with E-state index in [-0.39, 0.29) is 23.8 Å². The average molecular weight is 333 g/mol. The number of rotatable bonds is 7. The van der Waals surface area contributed by atoms with Crippen LogP contribution in [-0.2, 0) is 20.4 Å². The average Bonchev–Trinajstić information content (AvgIpc) is 2.54. The fourth-order valence-electron chi connectivity index (χ4n) is 2.08. The Morgan fingerprint density at radius 1 is 1.09 bits per heavy atom. The molecule has 2 rings (SSSR count). The van der Waals surface area contributed by atoms with Crippen LogP contribution >= 0.6 is 0 Å². The van der Waals surface area contributed by atoms with Crippen LogP contribution in [0.5, 0.6) is 5.75 Å². The van der Waals surface area contributed by atoms with Crippen LogP contribution < -0.4 is 10.1 Å². The quantitative estimate of drug-likeness (QED) is 0.845. The van der Waals surface area contributed by atoms with Crippen molar-refractivity contribution in [1.29, 1.82) is 0 Å². The number of methoxy groups -OCH3 is 1. The molecule has 122 valence electrons. The third-order valence-corrected chi connectivity index (χ3v) is 4.82. The van der Waals surface area contributed by atoms with Gasteiger partial charge in [0.15, 0.2) is 9.84 Å². The van der Waals surface area contributed by atoms with Gasteiger partial charge in [0.1, 0.15) is 5.75 Å². The second kappa shape index (κ2) is 7.78. The Hall–Kier alpha value is -2.34. The van der Waals surface area contributed by atoms with Crippen molar-refractivity contribution in [3.05, 3.63) is 60.2 Å². The fraction of sp³-hybridized carbons (Fsp3) is 0.235. The second-order valence-corrected chi connectivity index (χ2v) is 7.29. The van der Waals surface area contributed by atoms with E-state index in [4.69, 9.17) is 4.74 Å². The summed E-state index contributed by atoms with van der Waals surface area (Å²) in [5, 5.41) is 2.67. The Morgan fingerprint density at radius 3 is 2.52 bits per heavy atom. The number of nitrogens with one attached hydrogen (secondary N) is 1. The number of carbonyl (C=O) groups is 1. The van der Waals surface area contributed by atoms with Crippen molar-refractivity contribution >= 4 is 21.4 Å². The van der Waals surface area contributed by atoms with Crippen LogP contribution in [0.1, 0.15) is 12.0 Å². The Bertz CT molecular complexity index is 757. The molecule has 0 heterocycles. The van der Waals surface area contributed by atoms with E-state index >= 15 is 0 Å². The van der Waals surface area contributed by atoms with E-state index < -0.39 is 9.84 Å². The highest BCUT2D eigenvalue weighted by Gasteiger charge is 2.15. The van der Waals surface area contributed by atoms with Gasteiger partial charge in [0.05, 0.1) is 18.6 Å². The van der Waals surface area contributed by atoms with Gasteiger partial charge in [-0.1, -0.05) is 30.3 Å². The molecule has 2 aromatic carbocycles. The van der Waals surface area contributed by atoms with Crippen LogP contribution in [0.2, 0.25) is 0 Å². The van der Waals surface area contributed by atoms with Gasteiger partial charge in [-0.3, -0.25) is 4.79 Å². The van der Waals surface area contributed by atoms with E-state index in [1.165, 1.54) is 7.11 Å². The van der Waals surface area contributed by atoms with Crippen molar-refractivity contribution in [3.8, 4) is 5.75 Å². The minimum atomic E-state index is -3.36. The van der Waals surface area contributed by atoms with Crippen molar-refractivity contribution < 1.29 is 17.9 Å². The molecular weight excluding hydrogens is 314 g/mol. The summed E-state index contributed by atoms with van der Waals surface area (Å²) in [4.78, 5) is 11.8. The molecule has 0 bridgehead atoms. The van der Waals surface area contributed by atoms with Crippen LogP contribution in [0.15, 0.2) is 54.6 Å². The monoisotopic (exact) mass is 333 g/mol. The fourth-order valence-corrected chi connectivity index (χ4v) is 3.41. The first-order valence-corrected chi connectivity index (χ1v) is 8.99. The predicted octanol–water partition coefficient (Wildman–Crippen LogP) is 2.64. The lowest BCUT2D eigenvalue weighted by molar-refractivity contribution is -0.115. The van der Waals surface area contributed by atoms with Gasteiger partial charge in [-0.25, -0.2) is 8.42 Å². The minimum Gasteiger partial charge on any atom is -0.497 e. The molecule has 1 amide bonds. The summed E-state index contributed by atoms with van der Waals surface area (Å²) in [6.45, 7) is 0. The zero-order valence-corrected chi connectivity index (χ0v) is 13.7. The minimum absolute atomic E-state index is 0.0683. The number of para-hydroxylation sites is 1. The lowest BCUT2D eigenvalue weighted by Crippen LogP contribution is -2.18. The summed E-state index contributed by atoms with van der Waals surface area (Å²) in [7, 11) is -1.83. The smallest absolute Gasteiger partial charge is 0.225 e. The summed E-state index contributed by atoms with van der Waals surface area (Å²) in [6.07, 6.45) is -0.0683. The number of ether oxygens (including phenoxy) is 1. The van der Waals surface area contributed by atoms with Crippen LogP contribution in [0.3, 0.4) is 0 Å².